The number of rotatable bonds is 2. The molecule has 1 saturated heterocycles. The molecule has 0 saturated carbocycles. The van der Waals surface area contributed by atoms with E-state index in [1.54, 1.807) is 5.19 Å². The summed E-state index contributed by atoms with van der Waals surface area (Å²) in [6.45, 7) is 2.00. The van der Waals surface area contributed by atoms with Gasteiger partial charge in [-0.3, -0.25) is 0 Å². The molecule has 2 rings (SSSR count). The predicted octanol–water partition coefficient (Wildman–Crippen LogP) is 1.08. The Morgan fingerprint density at radius 1 is 1.23 bits per heavy atom. The minimum Gasteiger partial charge on any atom is -0.381 e. The van der Waals surface area contributed by atoms with Crippen LogP contribution < -0.4 is 5.19 Å². The van der Waals surface area contributed by atoms with Gasteiger partial charge >= 0.3 is 0 Å². The van der Waals surface area contributed by atoms with Gasteiger partial charge in [-0.15, -0.1) is 0 Å². The first-order valence-electron chi connectivity index (χ1n) is 5.07. The second kappa shape index (κ2) is 4.58. The summed E-state index contributed by atoms with van der Waals surface area (Å²) in [4.78, 5) is 0. The molecular weight excluding hydrogens is 176 g/mol. The molecule has 0 bridgehead atoms. The van der Waals surface area contributed by atoms with Crippen molar-refractivity contribution in [3.8, 4) is 0 Å². The molecule has 0 radical (unpaired) electrons. The van der Waals surface area contributed by atoms with Crippen molar-refractivity contribution in [1.29, 1.82) is 0 Å². The van der Waals surface area contributed by atoms with Gasteiger partial charge in [0.25, 0.3) is 0 Å². The van der Waals surface area contributed by atoms with Crippen molar-refractivity contribution in [3.05, 3.63) is 30.3 Å². The van der Waals surface area contributed by atoms with E-state index in [-0.39, 0.29) is 9.52 Å². The maximum Gasteiger partial charge on any atom is 0.0602 e. The first kappa shape index (κ1) is 8.97. The topological polar surface area (TPSA) is 9.23 Å². The van der Waals surface area contributed by atoms with Crippen LogP contribution in [0, 0.1) is 0 Å². The summed E-state index contributed by atoms with van der Waals surface area (Å²) in [5.74, 6) is 0. The zero-order valence-electron chi connectivity index (χ0n) is 7.91. The summed E-state index contributed by atoms with van der Waals surface area (Å²) in [7, 11) is -0.0822. The molecule has 0 N–H and O–H groups in total. The number of hydrogen-bond donors (Lipinski definition) is 0. The van der Waals surface area contributed by atoms with E-state index < -0.39 is 0 Å². The molecular formula is C11H16OSi. The van der Waals surface area contributed by atoms with Gasteiger partial charge in [0.15, 0.2) is 0 Å². The highest BCUT2D eigenvalue weighted by Crippen LogP contribution is 2.17. The third-order valence-electron chi connectivity index (χ3n) is 2.62. The third kappa shape index (κ3) is 2.67. The van der Waals surface area contributed by atoms with Gasteiger partial charge in [0, 0.05) is 13.2 Å². The minimum atomic E-state index is -0.0822. The lowest BCUT2D eigenvalue weighted by Crippen LogP contribution is -2.25. The van der Waals surface area contributed by atoms with Gasteiger partial charge in [-0.2, -0.15) is 0 Å². The summed E-state index contributed by atoms with van der Waals surface area (Å²) >= 11 is 0. The van der Waals surface area contributed by atoms with Crippen molar-refractivity contribution in [2.24, 2.45) is 0 Å². The Hall–Kier alpha value is -0.603. The van der Waals surface area contributed by atoms with Gasteiger partial charge in [-0.05, 0) is 18.4 Å². The molecule has 2 heteroatoms. The van der Waals surface area contributed by atoms with Crippen LogP contribution >= 0.6 is 0 Å². The number of ether oxygens (including phenoxy) is 1. The van der Waals surface area contributed by atoms with Crippen LogP contribution in [0.5, 0.6) is 0 Å². The fourth-order valence-electron chi connectivity index (χ4n) is 1.92. The van der Waals surface area contributed by atoms with Crippen LogP contribution in [0.3, 0.4) is 0 Å². The molecule has 1 nitrogen and oxygen atoms in total. The largest absolute Gasteiger partial charge is 0.381 e. The molecule has 1 aliphatic heterocycles. The summed E-state index contributed by atoms with van der Waals surface area (Å²) in [6.07, 6.45) is 2.66. The van der Waals surface area contributed by atoms with Crippen LogP contribution in [0.4, 0.5) is 0 Å². The monoisotopic (exact) mass is 192 g/mol. The Balaban J connectivity index is 1.90. The summed E-state index contributed by atoms with van der Waals surface area (Å²) in [6, 6.07) is 10.9. The Labute approximate surface area is 81.9 Å². The van der Waals surface area contributed by atoms with Gasteiger partial charge in [0.05, 0.1) is 9.52 Å². The van der Waals surface area contributed by atoms with E-state index in [9.17, 15) is 0 Å². The van der Waals surface area contributed by atoms with Crippen LogP contribution in [0.25, 0.3) is 0 Å². The van der Waals surface area contributed by atoms with Gasteiger partial charge in [-0.25, -0.2) is 0 Å². The van der Waals surface area contributed by atoms with E-state index in [4.69, 9.17) is 4.74 Å². The van der Waals surface area contributed by atoms with Crippen LogP contribution in [-0.2, 0) is 4.74 Å². The van der Waals surface area contributed by atoms with E-state index in [2.05, 4.69) is 30.3 Å². The van der Waals surface area contributed by atoms with E-state index in [0.717, 1.165) is 18.8 Å². The van der Waals surface area contributed by atoms with E-state index >= 15 is 0 Å². The van der Waals surface area contributed by atoms with Crippen LogP contribution in [0.2, 0.25) is 5.54 Å². The Morgan fingerprint density at radius 3 is 2.77 bits per heavy atom. The van der Waals surface area contributed by atoms with Crippen molar-refractivity contribution in [1.82, 2.24) is 0 Å². The Bertz CT molecular complexity index is 242. The average Bonchev–Trinajstić information content (AvgIpc) is 2.21. The van der Waals surface area contributed by atoms with E-state index in [1.165, 1.54) is 12.8 Å². The van der Waals surface area contributed by atoms with Crippen molar-refractivity contribution in [2.45, 2.75) is 18.4 Å². The normalized spacial score (nSPS) is 23.8. The van der Waals surface area contributed by atoms with Crippen LogP contribution in [0.1, 0.15) is 12.8 Å². The lowest BCUT2D eigenvalue weighted by Gasteiger charge is -2.21. The van der Waals surface area contributed by atoms with Gasteiger partial charge in [0.2, 0.25) is 0 Å². The molecule has 1 aliphatic rings. The highest BCUT2D eigenvalue weighted by Gasteiger charge is 2.14. The summed E-state index contributed by atoms with van der Waals surface area (Å²) in [5, 5.41) is 1.58. The van der Waals surface area contributed by atoms with Crippen molar-refractivity contribution in [2.75, 3.05) is 13.2 Å². The summed E-state index contributed by atoms with van der Waals surface area (Å²) in [5.41, 5.74) is 0.885. The molecule has 0 aliphatic carbocycles. The SMILES string of the molecule is c1ccc([SiH2]C2CCCOC2)cc1. The second-order valence-corrected chi connectivity index (χ2v) is 6.15. The Kier molecular flexibility index (Phi) is 3.16. The Morgan fingerprint density at radius 2 is 2.08 bits per heavy atom. The third-order valence-corrected chi connectivity index (χ3v) is 4.79. The lowest BCUT2D eigenvalue weighted by molar-refractivity contribution is 0.0970. The average molecular weight is 192 g/mol. The molecule has 1 fully saturated rings. The molecule has 1 unspecified atom stereocenters. The highest BCUT2D eigenvalue weighted by molar-refractivity contribution is 6.55. The van der Waals surface area contributed by atoms with Gasteiger partial charge in [0.1, 0.15) is 0 Å². The minimum absolute atomic E-state index is 0.0822. The fraction of sp³-hybridized carbons (Fsp3) is 0.455. The van der Waals surface area contributed by atoms with Crippen LogP contribution in [-0.4, -0.2) is 22.7 Å². The molecule has 70 valence electrons. The fourth-order valence-corrected chi connectivity index (χ4v) is 3.90. The molecule has 1 heterocycles. The standard InChI is InChI=1S/C11H16OSi/c1-2-5-10(6-3-1)13-11-7-4-8-12-9-11/h1-3,5-6,11H,4,7-9,13H2. The summed E-state index contributed by atoms with van der Waals surface area (Å²) < 4.78 is 5.49. The van der Waals surface area contributed by atoms with Crippen molar-refractivity contribution < 1.29 is 4.74 Å². The molecule has 13 heavy (non-hydrogen) atoms. The predicted molar refractivity (Wildman–Crippen MR) is 58.4 cm³/mol. The number of hydrogen-bond acceptors (Lipinski definition) is 1. The first-order valence-corrected chi connectivity index (χ1v) is 6.59. The zero-order chi connectivity index (χ0) is 8.93. The maximum absolute atomic E-state index is 5.49. The van der Waals surface area contributed by atoms with Gasteiger partial charge in [-0.1, -0.05) is 35.5 Å². The van der Waals surface area contributed by atoms with Crippen LogP contribution in [0.15, 0.2) is 30.3 Å². The zero-order valence-corrected chi connectivity index (χ0v) is 9.32. The molecule has 0 spiro atoms. The molecule has 0 aromatic heterocycles. The molecule has 1 atom stereocenters. The first-order chi connectivity index (χ1) is 6.45. The van der Waals surface area contributed by atoms with E-state index in [1.807, 2.05) is 0 Å². The van der Waals surface area contributed by atoms with E-state index in [0.29, 0.717) is 0 Å². The number of benzene rings is 1. The quantitative estimate of drug-likeness (QED) is 0.637. The molecule has 1 aromatic carbocycles. The maximum atomic E-state index is 5.49. The smallest absolute Gasteiger partial charge is 0.0602 e. The second-order valence-electron chi connectivity index (χ2n) is 3.77. The van der Waals surface area contributed by atoms with Crippen molar-refractivity contribution in [3.63, 3.8) is 0 Å². The lowest BCUT2D eigenvalue weighted by atomic mass is 10.2. The highest BCUT2D eigenvalue weighted by atomic mass is 28.2. The molecule has 0 amide bonds. The van der Waals surface area contributed by atoms with Gasteiger partial charge < -0.3 is 4.74 Å². The van der Waals surface area contributed by atoms with Crippen molar-refractivity contribution >= 4 is 14.7 Å². The molecule has 1 aromatic rings.